The third-order valence-electron chi connectivity index (χ3n) is 3.15. The first-order chi connectivity index (χ1) is 8.70. The monoisotopic (exact) mass is 266 g/mol. The van der Waals surface area contributed by atoms with E-state index in [1.54, 1.807) is 0 Å². The standard InChI is InChI=1S/C14H18O3S/c1-10-13(7-8-17-10)18-9-11-3-5-12(6-4-11)14(15)16-2/h3-6,10,13H,7-9H2,1-2H3. The second-order valence-corrected chi connectivity index (χ2v) is 5.63. The van der Waals surface area contributed by atoms with Crippen molar-refractivity contribution in [3.05, 3.63) is 35.4 Å². The summed E-state index contributed by atoms with van der Waals surface area (Å²) in [6.07, 6.45) is 1.48. The molecule has 1 aromatic rings. The molecule has 1 saturated heterocycles. The highest BCUT2D eigenvalue weighted by atomic mass is 32.2. The van der Waals surface area contributed by atoms with E-state index in [-0.39, 0.29) is 5.97 Å². The molecule has 3 nitrogen and oxygen atoms in total. The summed E-state index contributed by atoms with van der Waals surface area (Å²) in [4.78, 5) is 11.3. The van der Waals surface area contributed by atoms with Crippen LogP contribution < -0.4 is 0 Å². The smallest absolute Gasteiger partial charge is 0.337 e. The first-order valence-corrected chi connectivity index (χ1v) is 7.16. The van der Waals surface area contributed by atoms with E-state index in [0.717, 1.165) is 18.8 Å². The van der Waals surface area contributed by atoms with Gasteiger partial charge < -0.3 is 9.47 Å². The van der Waals surface area contributed by atoms with Crippen molar-refractivity contribution in [3.8, 4) is 0 Å². The SMILES string of the molecule is COC(=O)c1ccc(CSC2CCOC2C)cc1. The first kappa shape index (κ1) is 13.4. The molecule has 0 bridgehead atoms. The van der Waals surface area contributed by atoms with Crippen molar-refractivity contribution in [2.24, 2.45) is 0 Å². The van der Waals surface area contributed by atoms with Gasteiger partial charge in [0, 0.05) is 17.6 Å². The van der Waals surface area contributed by atoms with Gasteiger partial charge in [0.1, 0.15) is 0 Å². The Hall–Kier alpha value is -1.00. The summed E-state index contributed by atoms with van der Waals surface area (Å²) in [7, 11) is 1.40. The third-order valence-corrected chi connectivity index (χ3v) is 4.69. The molecule has 2 atom stereocenters. The summed E-state index contributed by atoms with van der Waals surface area (Å²) in [5.74, 6) is 0.673. The van der Waals surface area contributed by atoms with E-state index in [1.807, 2.05) is 36.0 Å². The molecule has 98 valence electrons. The molecule has 18 heavy (non-hydrogen) atoms. The van der Waals surface area contributed by atoms with Gasteiger partial charge in [0.05, 0.1) is 18.8 Å². The molecule has 0 radical (unpaired) electrons. The summed E-state index contributed by atoms with van der Waals surface area (Å²) < 4.78 is 10.2. The Kier molecular flexibility index (Phi) is 4.66. The van der Waals surface area contributed by atoms with Crippen LogP contribution in [0.2, 0.25) is 0 Å². The van der Waals surface area contributed by atoms with Gasteiger partial charge in [-0.15, -0.1) is 0 Å². The molecule has 1 aliphatic heterocycles. The molecule has 0 aromatic heterocycles. The van der Waals surface area contributed by atoms with Crippen LogP contribution in [0, 0.1) is 0 Å². The Morgan fingerprint density at radius 1 is 1.44 bits per heavy atom. The van der Waals surface area contributed by atoms with Gasteiger partial charge in [0.15, 0.2) is 0 Å². The molecule has 1 aromatic carbocycles. The van der Waals surface area contributed by atoms with E-state index in [9.17, 15) is 4.79 Å². The highest BCUT2D eigenvalue weighted by Crippen LogP contribution is 2.28. The van der Waals surface area contributed by atoms with Crippen LogP contribution in [0.25, 0.3) is 0 Å². The molecule has 0 amide bonds. The van der Waals surface area contributed by atoms with Crippen molar-refractivity contribution in [2.75, 3.05) is 13.7 Å². The number of rotatable bonds is 4. The molecule has 2 rings (SSSR count). The van der Waals surface area contributed by atoms with Crippen molar-refractivity contribution in [1.29, 1.82) is 0 Å². The maximum absolute atomic E-state index is 11.3. The van der Waals surface area contributed by atoms with Crippen LogP contribution in [0.5, 0.6) is 0 Å². The van der Waals surface area contributed by atoms with Crippen LogP contribution in [-0.4, -0.2) is 31.0 Å². The third kappa shape index (κ3) is 3.27. The van der Waals surface area contributed by atoms with E-state index in [2.05, 4.69) is 11.7 Å². The van der Waals surface area contributed by atoms with E-state index in [0.29, 0.717) is 16.9 Å². The lowest BCUT2D eigenvalue weighted by Crippen LogP contribution is -2.13. The summed E-state index contributed by atoms with van der Waals surface area (Å²) in [5.41, 5.74) is 1.83. The van der Waals surface area contributed by atoms with Crippen molar-refractivity contribution < 1.29 is 14.3 Å². The van der Waals surface area contributed by atoms with E-state index in [4.69, 9.17) is 4.74 Å². The highest BCUT2D eigenvalue weighted by molar-refractivity contribution is 7.99. The number of esters is 1. The Morgan fingerprint density at radius 3 is 2.72 bits per heavy atom. The van der Waals surface area contributed by atoms with Gasteiger partial charge in [-0.3, -0.25) is 0 Å². The zero-order chi connectivity index (χ0) is 13.0. The fourth-order valence-electron chi connectivity index (χ4n) is 1.99. The minimum absolute atomic E-state index is 0.285. The molecular formula is C14H18O3S. The number of carbonyl (C=O) groups excluding carboxylic acids is 1. The van der Waals surface area contributed by atoms with Gasteiger partial charge >= 0.3 is 5.97 Å². The molecule has 1 heterocycles. The number of hydrogen-bond acceptors (Lipinski definition) is 4. The Bertz CT molecular complexity index is 402. The second-order valence-electron chi connectivity index (χ2n) is 4.40. The van der Waals surface area contributed by atoms with Crippen LogP contribution in [0.4, 0.5) is 0 Å². The van der Waals surface area contributed by atoms with Gasteiger partial charge in [-0.25, -0.2) is 4.79 Å². The minimum atomic E-state index is -0.285. The molecule has 0 aliphatic carbocycles. The molecular weight excluding hydrogens is 248 g/mol. The van der Waals surface area contributed by atoms with Crippen LogP contribution in [-0.2, 0) is 15.2 Å². The van der Waals surface area contributed by atoms with Gasteiger partial charge in [0.2, 0.25) is 0 Å². The molecule has 2 unspecified atom stereocenters. The fourth-order valence-corrected chi connectivity index (χ4v) is 3.20. The van der Waals surface area contributed by atoms with Gasteiger partial charge in [-0.1, -0.05) is 12.1 Å². The number of hydrogen-bond donors (Lipinski definition) is 0. The van der Waals surface area contributed by atoms with E-state index < -0.39 is 0 Å². The number of carbonyl (C=O) groups is 1. The predicted octanol–water partition coefficient (Wildman–Crippen LogP) is 2.88. The molecule has 1 aliphatic rings. The molecule has 0 saturated carbocycles. The van der Waals surface area contributed by atoms with Gasteiger partial charge in [-0.05, 0) is 31.0 Å². The van der Waals surface area contributed by atoms with Crippen molar-refractivity contribution in [2.45, 2.75) is 30.5 Å². The Morgan fingerprint density at radius 2 is 2.17 bits per heavy atom. The minimum Gasteiger partial charge on any atom is -0.465 e. The first-order valence-electron chi connectivity index (χ1n) is 6.11. The summed E-state index contributed by atoms with van der Waals surface area (Å²) >= 11 is 1.92. The normalized spacial score (nSPS) is 23.0. The predicted molar refractivity (Wildman–Crippen MR) is 72.9 cm³/mol. The lowest BCUT2D eigenvalue weighted by atomic mass is 10.1. The van der Waals surface area contributed by atoms with Gasteiger partial charge in [-0.2, -0.15) is 11.8 Å². The average molecular weight is 266 g/mol. The maximum atomic E-state index is 11.3. The number of benzene rings is 1. The highest BCUT2D eigenvalue weighted by Gasteiger charge is 2.24. The molecule has 4 heteroatoms. The Labute approximate surface area is 112 Å². The second kappa shape index (κ2) is 6.25. The maximum Gasteiger partial charge on any atom is 0.337 e. The molecule has 0 spiro atoms. The average Bonchev–Trinajstić information content (AvgIpc) is 2.81. The van der Waals surface area contributed by atoms with Crippen molar-refractivity contribution in [3.63, 3.8) is 0 Å². The largest absolute Gasteiger partial charge is 0.465 e. The van der Waals surface area contributed by atoms with Gasteiger partial charge in [0.25, 0.3) is 0 Å². The number of ether oxygens (including phenoxy) is 2. The fraction of sp³-hybridized carbons (Fsp3) is 0.500. The lowest BCUT2D eigenvalue weighted by Gasteiger charge is -2.13. The Balaban J connectivity index is 1.88. The van der Waals surface area contributed by atoms with Crippen molar-refractivity contribution >= 4 is 17.7 Å². The van der Waals surface area contributed by atoms with E-state index in [1.165, 1.54) is 12.7 Å². The zero-order valence-electron chi connectivity index (χ0n) is 10.7. The van der Waals surface area contributed by atoms with Crippen LogP contribution >= 0.6 is 11.8 Å². The molecule has 1 fully saturated rings. The van der Waals surface area contributed by atoms with Crippen molar-refractivity contribution in [1.82, 2.24) is 0 Å². The van der Waals surface area contributed by atoms with E-state index >= 15 is 0 Å². The number of methoxy groups -OCH3 is 1. The number of thioether (sulfide) groups is 1. The van der Waals surface area contributed by atoms with Crippen LogP contribution in [0.3, 0.4) is 0 Å². The lowest BCUT2D eigenvalue weighted by molar-refractivity contribution is 0.0600. The quantitative estimate of drug-likeness (QED) is 0.785. The van der Waals surface area contributed by atoms with Crippen LogP contribution in [0.1, 0.15) is 29.3 Å². The topological polar surface area (TPSA) is 35.5 Å². The zero-order valence-corrected chi connectivity index (χ0v) is 11.5. The summed E-state index contributed by atoms with van der Waals surface area (Å²) in [6.45, 7) is 3.01. The molecule has 0 N–H and O–H groups in total. The summed E-state index contributed by atoms with van der Waals surface area (Å²) in [5, 5.41) is 0.588. The van der Waals surface area contributed by atoms with Crippen LogP contribution in [0.15, 0.2) is 24.3 Å². The summed E-state index contributed by atoms with van der Waals surface area (Å²) in [6, 6.07) is 7.60.